The van der Waals surface area contributed by atoms with Crippen LogP contribution in [0.3, 0.4) is 0 Å². The highest BCUT2D eigenvalue weighted by atomic mass is 32.1. The number of thiophene rings is 1. The monoisotopic (exact) mass is 381 g/mol. The van der Waals surface area contributed by atoms with E-state index in [1.165, 1.54) is 22.2 Å². The molecule has 9 heteroatoms. The van der Waals surface area contributed by atoms with Gasteiger partial charge in [-0.25, -0.2) is 9.78 Å². The molecule has 1 amide bonds. The van der Waals surface area contributed by atoms with Crippen molar-refractivity contribution < 1.29 is 19.4 Å². The lowest BCUT2D eigenvalue weighted by Gasteiger charge is -2.21. The van der Waals surface area contributed by atoms with Crippen molar-refractivity contribution in [1.29, 1.82) is 0 Å². The summed E-state index contributed by atoms with van der Waals surface area (Å²) >= 11 is 1.37. The molecular formula is C17H23N3O5S. The van der Waals surface area contributed by atoms with Crippen molar-refractivity contribution in [1.82, 2.24) is 14.9 Å². The summed E-state index contributed by atoms with van der Waals surface area (Å²) in [6.07, 6.45) is 1.56. The third-order valence-electron chi connectivity index (χ3n) is 3.61. The first-order valence-corrected chi connectivity index (χ1v) is 9.14. The molecule has 1 unspecified atom stereocenters. The highest BCUT2D eigenvalue weighted by molar-refractivity contribution is 7.16. The summed E-state index contributed by atoms with van der Waals surface area (Å²) in [4.78, 5) is 40.4. The Hall–Kier alpha value is -2.26. The Morgan fingerprint density at radius 2 is 2.15 bits per heavy atom. The van der Waals surface area contributed by atoms with Gasteiger partial charge >= 0.3 is 5.97 Å². The SMILES string of the molecule is CC(C)(C)OCCC(NC(=O)CCn1cnc2sccc2c1=O)C(=O)O. The van der Waals surface area contributed by atoms with Crippen molar-refractivity contribution in [3.05, 3.63) is 28.1 Å². The van der Waals surface area contributed by atoms with E-state index < -0.39 is 17.9 Å². The Morgan fingerprint density at radius 1 is 1.42 bits per heavy atom. The Kier molecular flexibility index (Phi) is 6.49. The molecular weight excluding hydrogens is 358 g/mol. The molecule has 0 saturated carbocycles. The standard InChI is InChI=1S/C17H23N3O5S/c1-17(2,3)25-8-5-12(16(23)24)19-13(21)4-7-20-10-18-14-11(15(20)22)6-9-26-14/h6,9-10,12H,4-5,7-8H2,1-3H3,(H,19,21)(H,23,24). The Labute approximate surface area is 154 Å². The summed E-state index contributed by atoms with van der Waals surface area (Å²) in [5, 5.41) is 14.0. The number of carbonyl (C=O) groups excluding carboxylic acids is 1. The van der Waals surface area contributed by atoms with Gasteiger partial charge in [0.25, 0.3) is 5.56 Å². The van der Waals surface area contributed by atoms with Crippen LogP contribution in [0.2, 0.25) is 0 Å². The van der Waals surface area contributed by atoms with Gasteiger partial charge in [-0.1, -0.05) is 0 Å². The highest BCUT2D eigenvalue weighted by Crippen LogP contribution is 2.13. The first-order chi connectivity index (χ1) is 12.2. The number of aryl methyl sites for hydroxylation is 1. The molecule has 0 saturated heterocycles. The number of amides is 1. The number of carboxylic acid groups (broad SMARTS) is 1. The molecule has 0 spiro atoms. The van der Waals surface area contributed by atoms with E-state index in [0.717, 1.165) is 0 Å². The van der Waals surface area contributed by atoms with E-state index >= 15 is 0 Å². The first kappa shape index (κ1) is 20.1. The summed E-state index contributed by atoms with van der Waals surface area (Å²) in [5.74, 6) is -1.56. The summed E-state index contributed by atoms with van der Waals surface area (Å²) in [6.45, 7) is 5.97. The van der Waals surface area contributed by atoms with Gasteiger partial charge in [-0.2, -0.15) is 0 Å². The number of hydrogen-bond donors (Lipinski definition) is 2. The number of hydrogen-bond acceptors (Lipinski definition) is 6. The molecule has 2 aromatic rings. The third-order valence-corrected chi connectivity index (χ3v) is 4.43. The average molecular weight is 381 g/mol. The van der Waals surface area contributed by atoms with Gasteiger partial charge in [0, 0.05) is 26.0 Å². The van der Waals surface area contributed by atoms with Gasteiger partial charge in [-0.3, -0.25) is 14.2 Å². The van der Waals surface area contributed by atoms with Crippen molar-refractivity contribution in [3.63, 3.8) is 0 Å². The van der Waals surface area contributed by atoms with Crippen LogP contribution in [0.4, 0.5) is 0 Å². The highest BCUT2D eigenvalue weighted by Gasteiger charge is 2.21. The molecule has 0 aromatic carbocycles. The van der Waals surface area contributed by atoms with Crippen LogP contribution in [0.5, 0.6) is 0 Å². The van der Waals surface area contributed by atoms with E-state index in [0.29, 0.717) is 10.2 Å². The van der Waals surface area contributed by atoms with Crippen LogP contribution in [0.25, 0.3) is 10.2 Å². The molecule has 1 atom stereocenters. The zero-order chi connectivity index (χ0) is 19.3. The van der Waals surface area contributed by atoms with E-state index in [-0.39, 0.29) is 37.2 Å². The van der Waals surface area contributed by atoms with Crippen LogP contribution < -0.4 is 10.9 Å². The second kappa shape index (κ2) is 8.41. The van der Waals surface area contributed by atoms with E-state index in [9.17, 15) is 19.5 Å². The smallest absolute Gasteiger partial charge is 0.326 e. The van der Waals surface area contributed by atoms with Crippen LogP contribution in [-0.2, 0) is 20.9 Å². The minimum atomic E-state index is -1.12. The molecule has 0 aliphatic carbocycles. The van der Waals surface area contributed by atoms with Gasteiger partial charge in [-0.15, -0.1) is 11.3 Å². The van der Waals surface area contributed by atoms with Gasteiger partial charge in [0.15, 0.2) is 0 Å². The molecule has 26 heavy (non-hydrogen) atoms. The zero-order valence-corrected chi connectivity index (χ0v) is 15.8. The predicted octanol–water partition coefficient (Wildman–Crippen LogP) is 1.62. The predicted molar refractivity (Wildman–Crippen MR) is 98.4 cm³/mol. The van der Waals surface area contributed by atoms with E-state index in [1.54, 1.807) is 11.4 Å². The molecule has 0 aliphatic rings. The second-order valence-electron chi connectivity index (χ2n) is 6.84. The quantitative estimate of drug-likeness (QED) is 0.719. The lowest BCUT2D eigenvalue weighted by molar-refractivity contribution is -0.142. The number of aliphatic carboxylic acids is 1. The zero-order valence-electron chi connectivity index (χ0n) is 15.0. The van der Waals surface area contributed by atoms with Gasteiger partial charge in [0.2, 0.25) is 5.91 Å². The third kappa shape index (κ3) is 5.63. The molecule has 142 valence electrons. The van der Waals surface area contributed by atoms with Crippen LogP contribution >= 0.6 is 11.3 Å². The van der Waals surface area contributed by atoms with Crippen molar-refractivity contribution in [3.8, 4) is 0 Å². The molecule has 8 nitrogen and oxygen atoms in total. The fourth-order valence-electron chi connectivity index (χ4n) is 2.28. The molecule has 0 bridgehead atoms. The summed E-state index contributed by atoms with van der Waals surface area (Å²) in [7, 11) is 0. The fourth-order valence-corrected chi connectivity index (χ4v) is 3.00. The molecule has 0 fully saturated rings. The summed E-state index contributed by atoms with van der Waals surface area (Å²) in [6, 6.07) is 0.667. The van der Waals surface area contributed by atoms with E-state index in [2.05, 4.69) is 10.3 Å². The Balaban J connectivity index is 1.90. The number of fused-ring (bicyclic) bond motifs is 1. The maximum atomic E-state index is 12.3. The maximum Gasteiger partial charge on any atom is 0.326 e. The van der Waals surface area contributed by atoms with Crippen LogP contribution in [0.1, 0.15) is 33.6 Å². The summed E-state index contributed by atoms with van der Waals surface area (Å²) < 4.78 is 6.86. The molecule has 2 heterocycles. The number of nitrogens with zero attached hydrogens (tertiary/aromatic N) is 2. The van der Waals surface area contributed by atoms with E-state index in [1.807, 2.05) is 20.8 Å². The van der Waals surface area contributed by atoms with E-state index in [4.69, 9.17) is 4.74 Å². The molecule has 2 rings (SSSR count). The van der Waals surface area contributed by atoms with Crippen molar-refractivity contribution in [2.75, 3.05) is 6.61 Å². The lowest BCUT2D eigenvalue weighted by Crippen LogP contribution is -2.42. The average Bonchev–Trinajstić information content (AvgIpc) is 3.01. The lowest BCUT2D eigenvalue weighted by atomic mass is 10.1. The topological polar surface area (TPSA) is 111 Å². The molecule has 2 aromatic heterocycles. The largest absolute Gasteiger partial charge is 0.480 e. The number of carboxylic acids is 1. The molecule has 0 radical (unpaired) electrons. The minimum Gasteiger partial charge on any atom is -0.480 e. The van der Waals surface area contributed by atoms with Crippen LogP contribution in [0, 0.1) is 0 Å². The van der Waals surface area contributed by atoms with Crippen molar-refractivity contribution in [2.24, 2.45) is 0 Å². The molecule has 2 N–H and O–H groups in total. The van der Waals surface area contributed by atoms with Gasteiger partial charge in [0.1, 0.15) is 10.9 Å². The Bertz CT molecular complexity index is 837. The number of aromatic nitrogens is 2. The normalized spacial score (nSPS) is 12.9. The maximum absolute atomic E-state index is 12.3. The van der Waals surface area contributed by atoms with Crippen LogP contribution in [-0.4, -0.2) is 44.8 Å². The number of rotatable bonds is 8. The first-order valence-electron chi connectivity index (χ1n) is 8.26. The second-order valence-corrected chi connectivity index (χ2v) is 7.73. The van der Waals surface area contributed by atoms with Crippen molar-refractivity contribution >= 4 is 33.4 Å². The number of ether oxygens (including phenoxy) is 1. The van der Waals surface area contributed by atoms with Gasteiger partial charge in [-0.05, 0) is 32.2 Å². The fraction of sp³-hybridized carbons (Fsp3) is 0.529. The van der Waals surface area contributed by atoms with Gasteiger partial charge < -0.3 is 15.2 Å². The van der Waals surface area contributed by atoms with Crippen LogP contribution in [0.15, 0.2) is 22.6 Å². The minimum absolute atomic E-state index is 0.0128. The van der Waals surface area contributed by atoms with Crippen molar-refractivity contribution in [2.45, 2.75) is 51.8 Å². The Morgan fingerprint density at radius 3 is 2.81 bits per heavy atom. The number of nitrogens with one attached hydrogen (secondary N) is 1. The summed E-state index contributed by atoms with van der Waals surface area (Å²) in [5.41, 5.74) is -0.584. The van der Waals surface area contributed by atoms with Gasteiger partial charge in [0.05, 0.1) is 17.3 Å². The molecule has 0 aliphatic heterocycles. The number of carbonyl (C=O) groups is 2.